The molecule has 0 bridgehead atoms. The van der Waals surface area contributed by atoms with Crippen LogP contribution in [0.5, 0.6) is 0 Å². The van der Waals surface area contributed by atoms with E-state index in [1.54, 1.807) is 6.07 Å². The van der Waals surface area contributed by atoms with Crippen LogP contribution in [0.4, 0.5) is 4.39 Å². The van der Waals surface area contributed by atoms with Gasteiger partial charge in [0.2, 0.25) is 5.91 Å². The number of hydrogen-bond donors (Lipinski definition) is 2. The van der Waals surface area contributed by atoms with Crippen LogP contribution in [-0.4, -0.2) is 19.0 Å². The molecule has 0 radical (unpaired) electrons. The van der Waals surface area contributed by atoms with Crippen LogP contribution < -0.4 is 10.6 Å². The van der Waals surface area contributed by atoms with Crippen molar-refractivity contribution in [2.24, 2.45) is 0 Å². The van der Waals surface area contributed by atoms with Crippen molar-refractivity contribution in [3.05, 3.63) is 34.6 Å². The Balaban J connectivity index is 2.43. The molecule has 0 aliphatic carbocycles. The lowest BCUT2D eigenvalue weighted by Gasteiger charge is -2.14. The zero-order chi connectivity index (χ0) is 13.5. The van der Waals surface area contributed by atoms with Crippen molar-refractivity contribution in [3.8, 4) is 0 Å². The highest BCUT2D eigenvalue weighted by Gasteiger charge is 2.08. The Hall–Kier alpha value is -1.13. The highest BCUT2D eigenvalue weighted by atomic mass is 35.5. The summed E-state index contributed by atoms with van der Waals surface area (Å²) in [4.78, 5) is 11.2. The molecule has 1 aromatic rings. The second-order valence-corrected chi connectivity index (χ2v) is 4.46. The molecule has 0 spiro atoms. The van der Waals surface area contributed by atoms with Gasteiger partial charge < -0.3 is 10.6 Å². The SMILES string of the molecule is CCNC(=O)CCNC(C)c1ccc(Cl)c(F)c1. The first-order valence-electron chi connectivity index (χ1n) is 5.99. The minimum absolute atomic E-state index is 0.0134. The smallest absolute Gasteiger partial charge is 0.221 e. The summed E-state index contributed by atoms with van der Waals surface area (Å²) in [6.07, 6.45) is 0.411. The summed E-state index contributed by atoms with van der Waals surface area (Å²) in [7, 11) is 0. The van der Waals surface area contributed by atoms with E-state index in [-0.39, 0.29) is 17.0 Å². The molecule has 0 fully saturated rings. The van der Waals surface area contributed by atoms with Crippen molar-refractivity contribution >= 4 is 17.5 Å². The molecule has 0 saturated carbocycles. The summed E-state index contributed by atoms with van der Waals surface area (Å²) in [6, 6.07) is 4.70. The third-order valence-electron chi connectivity index (χ3n) is 2.62. The number of hydrogen-bond acceptors (Lipinski definition) is 2. The molecule has 100 valence electrons. The number of benzene rings is 1. The van der Waals surface area contributed by atoms with Crippen molar-refractivity contribution < 1.29 is 9.18 Å². The molecule has 5 heteroatoms. The van der Waals surface area contributed by atoms with Crippen LogP contribution in [0, 0.1) is 5.82 Å². The van der Waals surface area contributed by atoms with Gasteiger partial charge in [-0.2, -0.15) is 0 Å². The summed E-state index contributed by atoms with van der Waals surface area (Å²) in [5, 5.41) is 6.00. The maximum absolute atomic E-state index is 13.3. The summed E-state index contributed by atoms with van der Waals surface area (Å²) in [6.45, 7) is 4.98. The molecular formula is C13H18ClFN2O. The summed E-state index contributed by atoms with van der Waals surface area (Å²) in [5.74, 6) is -0.411. The van der Waals surface area contributed by atoms with Crippen molar-refractivity contribution in [2.45, 2.75) is 26.3 Å². The normalized spacial score (nSPS) is 12.2. The Morgan fingerprint density at radius 1 is 1.50 bits per heavy atom. The molecule has 0 heterocycles. The lowest BCUT2D eigenvalue weighted by Crippen LogP contribution is -2.28. The van der Waals surface area contributed by atoms with Crippen molar-refractivity contribution in [3.63, 3.8) is 0 Å². The Kier molecular flexibility index (Phi) is 6.09. The first-order valence-corrected chi connectivity index (χ1v) is 6.37. The zero-order valence-corrected chi connectivity index (χ0v) is 11.4. The van der Waals surface area contributed by atoms with Gasteiger partial charge in [0.25, 0.3) is 0 Å². The number of amides is 1. The van der Waals surface area contributed by atoms with Crippen LogP contribution in [0.25, 0.3) is 0 Å². The van der Waals surface area contributed by atoms with E-state index in [0.29, 0.717) is 19.5 Å². The van der Waals surface area contributed by atoms with E-state index in [2.05, 4.69) is 10.6 Å². The van der Waals surface area contributed by atoms with E-state index in [9.17, 15) is 9.18 Å². The van der Waals surface area contributed by atoms with E-state index in [1.807, 2.05) is 13.8 Å². The summed E-state index contributed by atoms with van der Waals surface area (Å²) < 4.78 is 13.3. The molecule has 18 heavy (non-hydrogen) atoms. The molecule has 0 aliphatic heterocycles. The summed E-state index contributed by atoms with van der Waals surface area (Å²) in [5.41, 5.74) is 0.813. The fourth-order valence-corrected chi connectivity index (χ4v) is 1.70. The quantitative estimate of drug-likeness (QED) is 0.836. The summed E-state index contributed by atoms with van der Waals surface area (Å²) >= 11 is 5.62. The monoisotopic (exact) mass is 272 g/mol. The Labute approximate surface area is 112 Å². The van der Waals surface area contributed by atoms with Gasteiger partial charge in [-0.25, -0.2) is 4.39 Å². The molecule has 1 aromatic carbocycles. The molecule has 3 nitrogen and oxygen atoms in total. The minimum atomic E-state index is -0.424. The largest absolute Gasteiger partial charge is 0.356 e. The van der Waals surface area contributed by atoms with Gasteiger partial charge in [0.1, 0.15) is 5.82 Å². The maximum atomic E-state index is 13.3. The molecular weight excluding hydrogens is 255 g/mol. The topological polar surface area (TPSA) is 41.1 Å². The number of carbonyl (C=O) groups excluding carboxylic acids is 1. The highest BCUT2D eigenvalue weighted by Crippen LogP contribution is 2.19. The molecule has 1 rings (SSSR count). The van der Waals surface area contributed by atoms with Gasteiger partial charge in [-0.05, 0) is 31.5 Å². The molecule has 0 aliphatic rings. The Bertz CT molecular complexity index is 412. The molecule has 1 unspecified atom stereocenters. The number of carbonyl (C=O) groups is 1. The predicted octanol–water partition coefficient (Wildman–Crippen LogP) is 2.66. The number of rotatable bonds is 6. The first kappa shape index (κ1) is 14.9. The van der Waals surface area contributed by atoms with Crippen molar-refractivity contribution in [1.29, 1.82) is 0 Å². The number of nitrogens with one attached hydrogen (secondary N) is 2. The third kappa shape index (κ3) is 4.63. The second-order valence-electron chi connectivity index (χ2n) is 4.05. The van der Waals surface area contributed by atoms with Crippen LogP contribution in [0.15, 0.2) is 18.2 Å². The van der Waals surface area contributed by atoms with E-state index < -0.39 is 5.82 Å². The molecule has 1 amide bonds. The molecule has 2 N–H and O–H groups in total. The molecule has 1 atom stereocenters. The fourth-order valence-electron chi connectivity index (χ4n) is 1.59. The lowest BCUT2D eigenvalue weighted by atomic mass is 10.1. The lowest BCUT2D eigenvalue weighted by molar-refractivity contribution is -0.120. The van der Waals surface area contributed by atoms with Crippen molar-refractivity contribution in [2.75, 3.05) is 13.1 Å². The van der Waals surface area contributed by atoms with Gasteiger partial charge in [0.05, 0.1) is 5.02 Å². The molecule has 0 saturated heterocycles. The van der Waals surface area contributed by atoms with Gasteiger partial charge in [-0.3, -0.25) is 4.79 Å². The average Bonchev–Trinajstić information content (AvgIpc) is 2.33. The van der Waals surface area contributed by atoms with Crippen LogP contribution in [0.3, 0.4) is 0 Å². The van der Waals surface area contributed by atoms with E-state index in [4.69, 9.17) is 11.6 Å². The van der Waals surface area contributed by atoms with E-state index in [1.165, 1.54) is 12.1 Å². The van der Waals surface area contributed by atoms with Gasteiger partial charge in [0.15, 0.2) is 0 Å². The average molecular weight is 273 g/mol. The van der Waals surface area contributed by atoms with Crippen LogP contribution in [0.1, 0.15) is 31.9 Å². The third-order valence-corrected chi connectivity index (χ3v) is 2.93. The van der Waals surface area contributed by atoms with Gasteiger partial charge in [-0.15, -0.1) is 0 Å². The van der Waals surface area contributed by atoms with Gasteiger partial charge >= 0.3 is 0 Å². The fraction of sp³-hybridized carbons (Fsp3) is 0.462. The standard InChI is InChI=1S/C13H18ClFN2O/c1-3-16-13(18)6-7-17-9(2)10-4-5-11(14)12(15)8-10/h4-5,8-9,17H,3,6-7H2,1-2H3,(H,16,18). The predicted molar refractivity (Wildman–Crippen MR) is 71.1 cm³/mol. The Morgan fingerprint density at radius 2 is 2.22 bits per heavy atom. The van der Waals surface area contributed by atoms with Crippen LogP contribution >= 0.6 is 11.6 Å². The molecule has 0 aromatic heterocycles. The van der Waals surface area contributed by atoms with Crippen LogP contribution in [0.2, 0.25) is 5.02 Å². The van der Waals surface area contributed by atoms with Gasteiger partial charge in [0, 0.05) is 25.6 Å². The van der Waals surface area contributed by atoms with Gasteiger partial charge in [-0.1, -0.05) is 17.7 Å². The zero-order valence-electron chi connectivity index (χ0n) is 10.6. The van der Waals surface area contributed by atoms with E-state index >= 15 is 0 Å². The Morgan fingerprint density at radius 3 is 2.83 bits per heavy atom. The van der Waals surface area contributed by atoms with Crippen molar-refractivity contribution in [1.82, 2.24) is 10.6 Å². The van der Waals surface area contributed by atoms with Crippen LogP contribution in [-0.2, 0) is 4.79 Å². The minimum Gasteiger partial charge on any atom is -0.356 e. The number of halogens is 2. The first-order chi connectivity index (χ1) is 8.54. The highest BCUT2D eigenvalue weighted by molar-refractivity contribution is 6.30. The van der Waals surface area contributed by atoms with E-state index in [0.717, 1.165) is 5.56 Å². The second kappa shape index (κ2) is 7.34. The maximum Gasteiger partial charge on any atom is 0.221 e.